The summed E-state index contributed by atoms with van der Waals surface area (Å²) >= 11 is 0. The molecule has 0 saturated heterocycles. The third-order valence-corrected chi connectivity index (χ3v) is 4.33. The molecule has 2 heterocycles. The summed E-state index contributed by atoms with van der Waals surface area (Å²) < 4.78 is 1.61. The van der Waals surface area contributed by atoms with E-state index in [1.54, 1.807) is 23.1 Å². The second kappa shape index (κ2) is 7.31. The van der Waals surface area contributed by atoms with Crippen molar-refractivity contribution in [1.29, 1.82) is 0 Å². The lowest BCUT2D eigenvalue weighted by Crippen LogP contribution is -2.39. The number of benzene rings is 2. The van der Waals surface area contributed by atoms with Crippen LogP contribution < -0.4 is 16.1 Å². The number of rotatable bonds is 5. The van der Waals surface area contributed by atoms with Crippen LogP contribution in [0.1, 0.15) is 6.42 Å². The summed E-state index contributed by atoms with van der Waals surface area (Å²) in [5, 5.41) is 12.7. The summed E-state index contributed by atoms with van der Waals surface area (Å²) in [6.07, 6.45) is 3.18. The zero-order valence-corrected chi connectivity index (χ0v) is 14.8. The number of nitrogens with one attached hydrogen (secondary N) is 1. The first kappa shape index (κ1) is 17.4. The fourth-order valence-electron chi connectivity index (χ4n) is 2.93. The first-order chi connectivity index (χ1) is 13.6. The standard InChI is InChI=1S/C19H17N7O2/c20-18(27)17-10-16(24-26(17)15-4-2-1-3-5-15)19(28)23-13-6-8-14(9-7-13)25-12-21-11-22-25/h1-9,11-12,17H,10H2,(H2,20,27)(H,23,28). The van der Waals surface area contributed by atoms with Gasteiger partial charge in [0.1, 0.15) is 24.4 Å². The van der Waals surface area contributed by atoms with Crippen LogP contribution in [0.15, 0.2) is 72.4 Å². The lowest BCUT2D eigenvalue weighted by molar-refractivity contribution is -0.119. The lowest BCUT2D eigenvalue weighted by atomic mass is 10.1. The molecule has 9 heteroatoms. The van der Waals surface area contributed by atoms with Crippen molar-refractivity contribution in [3.8, 4) is 5.69 Å². The number of primary amides is 1. The predicted octanol–water partition coefficient (Wildman–Crippen LogP) is 1.33. The van der Waals surface area contributed by atoms with Gasteiger partial charge in [-0.1, -0.05) is 18.2 Å². The molecule has 1 aliphatic heterocycles. The highest BCUT2D eigenvalue weighted by Crippen LogP contribution is 2.24. The minimum Gasteiger partial charge on any atom is -0.368 e. The SMILES string of the molecule is NC(=O)C1CC(C(=O)Nc2ccc(-n3cncn3)cc2)=NN1c1ccccc1. The Hall–Kier alpha value is -4.01. The molecule has 0 bridgehead atoms. The smallest absolute Gasteiger partial charge is 0.271 e. The van der Waals surface area contributed by atoms with Crippen LogP contribution in [-0.2, 0) is 9.59 Å². The molecule has 4 rings (SSSR count). The first-order valence-corrected chi connectivity index (χ1v) is 8.59. The van der Waals surface area contributed by atoms with Gasteiger partial charge in [0.05, 0.1) is 11.4 Å². The molecule has 140 valence electrons. The van der Waals surface area contributed by atoms with Crippen LogP contribution in [0, 0.1) is 0 Å². The molecule has 1 aromatic heterocycles. The number of hydrogen-bond acceptors (Lipinski definition) is 6. The average Bonchev–Trinajstić information content (AvgIpc) is 3.39. The van der Waals surface area contributed by atoms with Crippen molar-refractivity contribution < 1.29 is 9.59 Å². The van der Waals surface area contributed by atoms with E-state index in [0.717, 1.165) is 5.69 Å². The Morgan fingerprint density at radius 1 is 1.04 bits per heavy atom. The van der Waals surface area contributed by atoms with E-state index >= 15 is 0 Å². The van der Waals surface area contributed by atoms with Crippen LogP contribution in [0.5, 0.6) is 0 Å². The molecule has 0 fully saturated rings. The van der Waals surface area contributed by atoms with E-state index in [2.05, 4.69) is 20.5 Å². The summed E-state index contributed by atoms with van der Waals surface area (Å²) in [5.41, 5.74) is 7.87. The van der Waals surface area contributed by atoms with E-state index in [1.165, 1.54) is 11.3 Å². The number of anilines is 2. The zero-order valence-electron chi connectivity index (χ0n) is 14.8. The minimum absolute atomic E-state index is 0.146. The zero-order chi connectivity index (χ0) is 19.5. The van der Waals surface area contributed by atoms with E-state index in [9.17, 15) is 9.59 Å². The van der Waals surface area contributed by atoms with Crippen molar-refractivity contribution in [2.75, 3.05) is 10.3 Å². The maximum Gasteiger partial charge on any atom is 0.271 e. The Morgan fingerprint density at radius 3 is 2.43 bits per heavy atom. The largest absolute Gasteiger partial charge is 0.368 e. The second-order valence-corrected chi connectivity index (χ2v) is 6.19. The fourth-order valence-corrected chi connectivity index (χ4v) is 2.93. The number of nitrogens with zero attached hydrogens (tertiary/aromatic N) is 5. The molecule has 3 N–H and O–H groups in total. The van der Waals surface area contributed by atoms with Gasteiger partial charge in [0.15, 0.2) is 0 Å². The fraction of sp³-hybridized carbons (Fsp3) is 0.105. The van der Waals surface area contributed by atoms with Crippen molar-refractivity contribution >= 4 is 28.9 Å². The summed E-state index contributed by atoms with van der Waals surface area (Å²) in [4.78, 5) is 28.3. The van der Waals surface area contributed by atoms with Crippen LogP contribution in [0.2, 0.25) is 0 Å². The summed E-state index contributed by atoms with van der Waals surface area (Å²) in [6, 6.07) is 15.6. The quantitative estimate of drug-likeness (QED) is 0.697. The van der Waals surface area contributed by atoms with Gasteiger partial charge >= 0.3 is 0 Å². The Balaban J connectivity index is 1.50. The van der Waals surface area contributed by atoms with Gasteiger partial charge in [-0.05, 0) is 36.4 Å². The predicted molar refractivity (Wildman–Crippen MR) is 104 cm³/mol. The molecule has 3 aromatic rings. The molecule has 0 spiro atoms. The average molecular weight is 375 g/mol. The Bertz CT molecular complexity index is 1010. The molecule has 0 saturated carbocycles. The normalized spacial score (nSPS) is 15.9. The van der Waals surface area contributed by atoms with Gasteiger partial charge in [0.2, 0.25) is 5.91 Å². The van der Waals surface area contributed by atoms with Gasteiger partial charge in [-0.2, -0.15) is 10.2 Å². The number of amides is 2. The molecule has 2 amide bonds. The van der Waals surface area contributed by atoms with Crippen molar-refractivity contribution in [3.63, 3.8) is 0 Å². The number of aromatic nitrogens is 3. The van der Waals surface area contributed by atoms with Crippen molar-refractivity contribution in [1.82, 2.24) is 14.8 Å². The van der Waals surface area contributed by atoms with Crippen molar-refractivity contribution in [2.24, 2.45) is 10.8 Å². The van der Waals surface area contributed by atoms with Crippen LogP contribution in [0.3, 0.4) is 0 Å². The Morgan fingerprint density at radius 2 is 1.79 bits per heavy atom. The molecule has 0 aliphatic carbocycles. The van der Waals surface area contributed by atoms with Gasteiger partial charge in [-0.25, -0.2) is 9.67 Å². The molecule has 0 radical (unpaired) electrons. The van der Waals surface area contributed by atoms with Crippen molar-refractivity contribution in [2.45, 2.75) is 12.5 Å². The third-order valence-electron chi connectivity index (χ3n) is 4.33. The molecular formula is C19H17N7O2. The molecule has 2 aromatic carbocycles. The molecule has 1 aliphatic rings. The van der Waals surface area contributed by atoms with Gasteiger partial charge in [-0.15, -0.1) is 0 Å². The Labute approximate surface area is 160 Å². The number of hydrogen-bond donors (Lipinski definition) is 2. The monoisotopic (exact) mass is 375 g/mol. The minimum atomic E-state index is -0.696. The Kier molecular flexibility index (Phi) is 4.55. The summed E-state index contributed by atoms with van der Waals surface area (Å²) in [6.45, 7) is 0. The maximum atomic E-state index is 12.6. The maximum absolute atomic E-state index is 12.6. The van der Waals surface area contributed by atoms with Crippen LogP contribution >= 0.6 is 0 Å². The topological polar surface area (TPSA) is 118 Å². The summed E-state index contributed by atoms with van der Waals surface area (Å²) in [5.74, 6) is -0.911. The molecule has 1 atom stereocenters. The molecule has 28 heavy (non-hydrogen) atoms. The number of carbonyl (C=O) groups is 2. The second-order valence-electron chi connectivity index (χ2n) is 6.19. The first-order valence-electron chi connectivity index (χ1n) is 8.59. The van der Waals surface area contributed by atoms with Gasteiger partial charge in [-0.3, -0.25) is 14.6 Å². The van der Waals surface area contributed by atoms with E-state index in [0.29, 0.717) is 11.4 Å². The number of hydrazone groups is 1. The van der Waals surface area contributed by atoms with Gasteiger partial charge < -0.3 is 11.1 Å². The van der Waals surface area contributed by atoms with Gasteiger partial charge in [0.25, 0.3) is 5.91 Å². The highest BCUT2D eigenvalue weighted by atomic mass is 16.2. The van der Waals surface area contributed by atoms with E-state index in [1.807, 2.05) is 42.5 Å². The number of carbonyl (C=O) groups excluding carboxylic acids is 2. The van der Waals surface area contributed by atoms with E-state index in [-0.39, 0.29) is 18.0 Å². The highest BCUT2D eigenvalue weighted by molar-refractivity contribution is 6.44. The number of nitrogens with two attached hydrogens (primary N) is 1. The van der Waals surface area contributed by atoms with E-state index < -0.39 is 11.9 Å². The third kappa shape index (κ3) is 3.45. The number of para-hydroxylation sites is 1. The molecule has 9 nitrogen and oxygen atoms in total. The van der Waals surface area contributed by atoms with Crippen molar-refractivity contribution in [3.05, 3.63) is 67.3 Å². The molecule has 1 unspecified atom stereocenters. The van der Waals surface area contributed by atoms with Crippen LogP contribution in [-0.4, -0.2) is 38.3 Å². The summed E-state index contributed by atoms with van der Waals surface area (Å²) in [7, 11) is 0. The molecular weight excluding hydrogens is 358 g/mol. The van der Waals surface area contributed by atoms with Crippen LogP contribution in [0.25, 0.3) is 5.69 Å². The van der Waals surface area contributed by atoms with Crippen LogP contribution in [0.4, 0.5) is 11.4 Å². The highest BCUT2D eigenvalue weighted by Gasteiger charge is 2.34. The van der Waals surface area contributed by atoms with E-state index in [4.69, 9.17) is 5.73 Å². The van der Waals surface area contributed by atoms with Gasteiger partial charge in [0, 0.05) is 12.1 Å². The lowest BCUT2D eigenvalue weighted by Gasteiger charge is -2.20.